The van der Waals surface area contributed by atoms with Gasteiger partial charge in [-0.3, -0.25) is 14.2 Å². The molecule has 230 valence electrons. The number of Topliss-reactive ketones (excluding diaryl/α,β-unsaturated/α-hetero) is 1. The number of piperazine rings is 1. The highest BCUT2D eigenvalue weighted by atomic mass is 28.3. The van der Waals surface area contributed by atoms with Crippen LogP contribution in [0.2, 0.25) is 25.7 Å². The first-order valence-electron chi connectivity index (χ1n) is 14.3. The number of nitrogens with zero attached hydrogens (tertiary/aromatic N) is 6. The molecule has 2 aromatic heterocycles. The van der Waals surface area contributed by atoms with Gasteiger partial charge in [-0.25, -0.2) is 9.18 Å². The summed E-state index contributed by atoms with van der Waals surface area (Å²) in [6.45, 7) is 15.7. The maximum atomic E-state index is 13.8. The molecule has 1 atom stereocenters. The molecule has 14 heteroatoms. The molecule has 1 fully saturated rings. The van der Waals surface area contributed by atoms with E-state index in [0.29, 0.717) is 50.6 Å². The van der Waals surface area contributed by atoms with Gasteiger partial charge in [0.1, 0.15) is 24.2 Å². The van der Waals surface area contributed by atoms with E-state index >= 15 is 0 Å². The van der Waals surface area contributed by atoms with Crippen LogP contribution < -0.4 is 10.5 Å². The SMILES string of the molecule is CCc1c(N2CCN(C(=O)OC(C)(C)C)CC2)c(=O)n2nc(C(=O)CC[C@H](F)CO)nc2n1COCC[Si](C)(C)C. The molecule has 0 aromatic carbocycles. The zero-order valence-electron chi connectivity index (χ0n) is 25.4. The minimum absolute atomic E-state index is 0.117. The fraction of sp³-hybridized carbons (Fsp3) is 0.741. The van der Waals surface area contributed by atoms with Crippen molar-refractivity contribution in [2.75, 3.05) is 44.3 Å². The Morgan fingerprint density at radius 3 is 2.37 bits per heavy atom. The number of alkyl halides is 1. The van der Waals surface area contributed by atoms with E-state index in [1.165, 1.54) is 0 Å². The Balaban J connectivity index is 1.97. The van der Waals surface area contributed by atoms with Gasteiger partial charge < -0.3 is 24.4 Å². The van der Waals surface area contributed by atoms with E-state index in [-0.39, 0.29) is 31.2 Å². The Morgan fingerprint density at radius 1 is 1.15 bits per heavy atom. The number of aliphatic hydroxyl groups excluding tert-OH is 1. The Labute approximate surface area is 241 Å². The van der Waals surface area contributed by atoms with Gasteiger partial charge in [-0.15, -0.1) is 5.10 Å². The number of halogens is 1. The number of ketones is 1. The molecule has 1 N–H and O–H groups in total. The van der Waals surface area contributed by atoms with Crippen LogP contribution in [0.25, 0.3) is 5.78 Å². The van der Waals surface area contributed by atoms with Gasteiger partial charge >= 0.3 is 6.09 Å². The van der Waals surface area contributed by atoms with E-state index in [1.54, 1.807) is 9.47 Å². The standard InChI is InChI=1S/C27H45FN6O6Si/c1-8-20-22(31-11-13-32(14-12-31)26(38)40-27(2,3)4)24(37)34-25(33(20)18-39-15-16-41(5,6)7)29-23(30-34)21(36)10-9-19(28)17-35/h19,35H,8-18H2,1-7H3/t19-/m0/s1. The summed E-state index contributed by atoms with van der Waals surface area (Å²) in [6.07, 6.45) is -1.79. The van der Waals surface area contributed by atoms with E-state index in [1.807, 2.05) is 32.6 Å². The molecular formula is C27H45FN6O6Si. The average molecular weight is 597 g/mol. The summed E-state index contributed by atoms with van der Waals surface area (Å²) in [4.78, 5) is 47.1. The van der Waals surface area contributed by atoms with Gasteiger partial charge in [0.2, 0.25) is 17.4 Å². The molecule has 0 saturated carbocycles. The molecule has 3 rings (SSSR count). The highest BCUT2D eigenvalue weighted by Gasteiger charge is 2.30. The quantitative estimate of drug-likeness (QED) is 0.223. The lowest BCUT2D eigenvalue weighted by molar-refractivity contribution is 0.0240. The zero-order valence-corrected chi connectivity index (χ0v) is 26.4. The molecule has 3 heterocycles. The lowest BCUT2D eigenvalue weighted by Gasteiger charge is -2.37. The monoisotopic (exact) mass is 596 g/mol. The summed E-state index contributed by atoms with van der Waals surface area (Å²) in [6, 6.07) is 0.954. The predicted molar refractivity (Wildman–Crippen MR) is 156 cm³/mol. The topological polar surface area (TPSA) is 132 Å². The summed E-state index contributed by atoms with van der Waals surface area (Å²) in [5, 5.41) is 13.2. The number of fused-ring (bicyclic) bond motifs is 1. The molecule has 12 nitrogen and oxygen atoms in total. The van der Waals surface area contributed by atoms with Crippen LogP contribution in [-0.2, 0) is 22.6 Å². The second-order valence-corrected chi connectivity index (χ2v) is 18.2. The summed E-state index contributed by atoms with van der Waals surface area (Å²) < 4.78 is 28.0. The van der Waals surface area contributed by atoms with Crippen molar-refractivity contribution in [2.24, 2.45) is 0 Å². The maximum Gasteiger partial charge on any atom is 0.410 e. The van der Waals surface area contributed by atoms with Crippen molar-refractivity contribution in [1.29, 1.82) is 0 Å². The molecular weight excluding hydrogens is 551 g/mol. The Morgan fingerprint density at radius 2 is 1.80 bits per heavy atom. The van der Waals surface area contributed by atoms with Crippen LogP contribution >= 0.6 is 0 Å². The van der Waals surface area contributed by atoms with Crippen LogP contribution in [0.1, 0.15) is 56.8 Å². The Bertz CT molecular complexity index is 1280. The molecule has 0 unspecified atom stereocenters. The number of anilines is 1. The third kappa shape index (κ3) is 8.58. The molecule has 1 amide bonds. The van der Waals surface area contributed by atoms with Crippen molar-refractivity contribution in [3.05, 3.63) is 21.9 Å². The number of hydrogen-bond donors (Lipinski definition) is 1. The molecule has 1 aliphatic heterocycles. The van der Waals surface area contributed by atoms with E-state index in [0.717, 1.165) is 10.6 Å². The third-order valence-corrected chi connectivity index (χ3v) is 8.46. The fourth-order valence-corrected chi connectivity index (χ4v) is 5.24. The van der Waals surface area contributed by atoms with Crippen LogP contribution in [-0.4, -0.2) is 100 Å². The number of amides is 1. The summed E-state index contributed by atoms with van der Waals surface area (Å²) >= 11 is 0. The highest BCUT2D eigenvalue weighted by Crippen LogP contribution is 2.22. The van der Waals surface area contributed by atoms with Gasteiger partial charge in [0.15, 0.2) is 0 Å². The van der Waals surface area contributed by atoms with Gasteiger partial charge in [-0.2, -0.15) is 9.50 Å². The zero-order chi connectivity index (χ0) is 30.5. The first-order valence-corrected chi connectivity index (χ1v) is 18.0. The van der Waals surface area contributed by atoms with E-state index in [2.05, 4.69) is 29.7 Å². The lowest BCUT2D eigenvalue weighted by atomic mass is 10.1. The Kier molecular flexibility index (Phi) is 10.7. The summed E-state index contributed by atoms with van der Waals surface area (Å²) in [5.41, 5.74) is 0.0806. The number of aromatic nitrogens is 4. The lowest BCUT2D eigenvalue weighted by Crippen LogP contribution is -2.51. The van der Waals surface area contributed by atoms with Crippen molar-refractivity contribution < 1.29 is 28.6 Å². The molecule has 0 aliphatic carbocycles. The van der Waals surface area contributed by atoms with Crippen molar-refractivity contribution in [3.8, 4) is 0 Å². The second kappa shape index (κ2) is 13.4. The van der Waals surface area contributed by atoms with Gasteiger partial charge in [0, 0.05) is 47.3 Å². The van der Waals surface area contributed by atoms with Crippen molar-refractivity contribution in [2.45, 2.75) is 91.1 Å². The van der Waals surface area contributed by atoms with Gasteiger partial charge in [-0.05, 0) is 39.7 Å². The average Bonchev–Trinajstić information content (AvgIpc) is 3.35. The molecule has 1 saturated heterocycles. The van der Waals surface area contributed by atoms with Gasteiger partial charge in [-0.1, -0.05) is 26.6 Å². The molecule has 41 heavy (non-hydrogen) atoms. The van der Waals surface area contributed by atoms with Gasteiger partial charge in [0.05, 0.1) is 12.3 Å². The second-order valence-electron chi connectivity index (χ2n) is 12.6. The van der Waals surface area contributed by atoms with Crippen LogP contribution in [0.15, 0.2) is 4.79 Å². The van der Waals surface area contributed by atoms with Crippen molar-refractivity contribution in [1.82, 2.24) is 24.1 Å². The number of ether oxygens (including phenoxy) is 2. The molecule has 0 spiro atoms. The predicted octanol–water partition coefficient (Wildman–Crippen LogP) is 3.12. The minimum Gasteiger partial charge on any atom is -0.444 e. The fourth-order valence-electron chi connectivity index (χ4n) is 4.48. The van der Waals surface area contributed by atoms with E-state index in [9.17, 15) is 18.8 Å². The van der Waals surface area contributed by atoms with E-state index < -0.39 is 43.9 Å². The minimum atomic E-state index is -1.52. The number of rotatable bonds is 12. The van der Waals surface area contributed by atoms with Crippen LogP contribution in [0.5, 0.6) is 0 Å². The van der Waals surface area contributed by atoms with Crippen molar-refractivity contribution >= 4 is 31.4 Å². The van der Waals surface area contributed by atoms with E-state index in [4.69, 9.17) is 14.6 Å². The molecule has 1 aliphatic rings. The van der Waals surface area contributed by atoms with Crippen LogP contribution in [0.4, 0.5) is 14.9 Å². The molecule has 0 radical (unpaired) electrons. The molecule has 2 aromatic rings. The number of carbonyl (C=O) groups excluding carboxylic acids is 2. The summed E-state index contributed by atoms with van der Waals surface area (Å²) in [7, 11) is -1.34. The normalized spacial score (nSPS) is 15.4. The number of hydrogen-bond acceptors (Lipinski definition) is 9. The molecule has 0 bridgehead atoms. The number of carbonyl (C=O) groups is 2. The Hall–Kier alpha value is -2.84. The third-order valence-electron chi connectivity index (χ3n) is 6.76. The largest absolute Gasteiger partial charge is 0.444 e. The maximum absolute atomic E-state index is 13.8. The first-order chi connectivity index (χ1) is 19.1. The van der Waals surface area contributed by atoms with Crippen LogP contribution in [0, 0.1) is 0 Å². The highest BCUT2D eigenvalue weighted by molar-refractivity contribution is 6.76. The number of aliphatic hydroxyl groups is 1. The van der Waals surface area contributed by atoms with Crippen molar-refractivity contribution in [3.63, 3.8) is 0 Å². The first kappa shape index (κ1) is 32.7. The van der Waals surface area contributed by atoms with Crippen LogP contribution in [0.3, 0.4) is 0 Å². The summed E-state index contributed by atoms with van der Waals surface area (Å²) in [5.74, 6) is -0.517. The van der Waals surface area contributed by atoms with Gasteiger partial charge in [0.25, 0.3) is 5.56 Å². The smallest absolute Gasteiger partial charge is 0.410 e.